The van der Waals surface area contributed by atoms with Gasteiger partial charge < -0.3 is 5.32 Å². The van der Waals surface area contributed by atoms with Gasteiger partial charge in [0, 0.05) is 12.7 Å². The Bertz CT molecular complexity index is 403. The van der Waals surface area contributed by atoms with Crippen molar-refractivity contribution in [2.45, 2.75) is 6.92 Å². The Labute approximate surface area is 83.4 Å². The number of hydrogen-bond acceptors (Lipinski definition) is 4. The molecule has 1 heterocycles. The molecule has 0 spiro atoms. The number of aromatic nitrogens is 1. The fourth-order valence-corrected chi connectivity index (χ4v) is 1.34. The molecule has 0 unspecified atom stereocenters. The van der Waals surface area contributed by atoms with Crippen LogP contribution in [0.15, 0.2) is 18.3 Å². The molecule has 0 saturated heterocycles. The lowest BCUT2D eigenvalue weighted by Crippen LogP contribution is -2.22. The van der Waals surface area contributed by atoms with E-state index in [0.29, 0.717) is 5.82 Å². The maximum atomic E-state index is 10.6. The quantitative estimate of drug-likeness (QED) is 0.745. The van der Waals surface area contributed by atoms with Gasteiger partial charge >= 0.3 is 0 Å². The highest BCUT2D eigenvalue weighted by Gasteiger charge is 2.01. The van der Waals surface area contributed by atoms with Crippen molar-refractivity contribution < 1.29 is 8.42 Å². The molecule has 1 aromatic heterocycles. The summed E-state index contributed by atoms with van der Waals surface area (Å²) in [6.07, 6.45) is 1.66. The normalized spacial score (nSPS) is 11.3. The topological polar surface area (TPSA) is 85.1 Å². The van der Waals surface area contributed by atoms with Crippen LogP contribution in [0.5, 0.6) is 0 Å². The molecule has 1 aromatic rings. The highest BCUT2D eigenvalue weighted by molar-refractivity contribution is 7.89. The number of aryl methyl sites for hydroxylation is 1. The van der Waals surface area contributed by atoms with Crippen LogP contribution in [-0.2, 0) is 10.0 Å². The predicted molar refractivity (Wildman–Crippen MR) is 55.4 cm³/mol. The molecule has 0 aromatic carbocycles. The van der Waals surface area contributed by atoms with Crippen molar-refractivity contribution in [1.82, 2.24) is 4.98 Å². The van der Waals surface area contributed by atoms with Crippen LogP contribution in [0.25, 0.3) is 0 Å². The first-order valence-corrected chi connectivity index (χ1v) is 5.86. The summed E-state index contributed by atoms with van der Waals surface area (Å²) in [7, 11) is -3.39. The van der Waals surface area contributed by atoms with Gasteiger partial charge in [-0.1, -0.05) is 0 Å². The Morgan fingerprint density at radius 2 is 2.29 bits per heavy atom. The summed E-state index contributed by atoms with van der Waals surface area (Å²) in [6.45, 7) is 2.21. The SMILES string of the molecule is Cc1ccnc(NCCS(N)(=O)=O)c1. The molecule has 0 aliphatic rings. The number of pyridine rings is 1. The van der Waals surface area contributed by atoms with E-state index in [1.165, 1.54) is 0 Å². The molecule has 6 heteroatoms. The number of hydrogen-bond donors (Lipinski definition) is 2. The van der Waals surface area contributed by atoms with Gasteiger partial charge in [-0.25, -0.2) is 18.5 Å². The molecule has 0 fully saturated rings. The molecule has 0 saturated carbocycles. The Kier molecular flexibility index (Phi) is 3.43. The second-order valence-electron chi connectivity index (χ2n) is 3.01. The summed E-state index contributed by atoms with van der Waals surface area (Å²) in [5.74, 6) is 0.566. The van der Waals surface area contributed by atoms with Crippen molar-refractivity contribution in [3.05, 3.63) is 23.9 Å². The van der Waals surface area contributed by atoms with Gasteiger partial charge in [0.05, 0.1) is 5.75 Å². The van der Waals surface area contributed by atoms with E-state index in [1.54, 1.807) is 6.20 Å². The summed E-state index contributed by atoms with van der Waals surface area (Å²) in [4.78, 5) is 4.01. The van der Waals surface area contributed by atoms with Gasteiger partial charge in [-0.05, 0) is 24.6 Å². The third-order valence-corrected chi connectivity index (χ3v) is 2.38. The van der Waals surface area contributed by atoms with Gasteiger partial charge in [-0.2, -0.15) is 0 Å². The second-order valence-corrected chi connectivity index (χ2v) is 4.75. The minimum Gasteiger partial charge on any atom is -0.369 e. The molecule has 1 rings (SSSR count). The number of primary sulfonamides is 1. The maximum Gasteiger partial charge on any atom is 0.210 e. The highest BCUT2D eigenvalue weighted by Crippen LogP contribution is 2.04. The van der Waals surface area contributed by atoms with E-state index in [2.05, 4.69) is 10.3 Å². The van der Waals surface area contributed by atoms with E-state index < -0.39 is 10.0 Å². The summed E-state index contributed by atoms with van der Waals surface area (Å²) >= 11 is 0. The molecule has 3 N–H and O–H groups in total. The number of anilines is 1. The van der Waals surface area contributed by atoms with Crippen LogP contribution in [0.2, 0.25) is 0 Å². The smallest absolute Gasteiger partial charge is 0.210 e. The van der Waals surface area contributed by atoms with Gasteiger partial charge in [0.2, 0.25) is 10.0 Å². The van der Waals surface area contributed by atoms with E-state index in [-0.39, 0.29) is 12.3 Å². The highest BCUT2D eigenvalue weighted by atomic mass is 32.2. The maximum absolute atomic E-state index is 10.6. The second kappa shape index (κ2) is 4.39. The first-order chi connectivity index (χ1) is 6.47. The van der Waals surface area contributed by atoms with Crippen LogP contribution >= 0.6 is 0 Å². The lowest BCUT2D eigenvalue weighted by Gasteiger charge is -2.04. The van der Waals surface area contributed by atoms with Gasteiger partial charge in [0.15, 0.2) is 0 Å². The van der Waals surface area contributed by atoms with Crippen LogP contribution < -0.4 is 10.5 Å². The molecule has 14 heavy (non-hydrogen) atoms. The van der Waals surface area contributed by atoms with Crippen molar-refractivity contribution >= 4 is 15.8 Å². The Morgan fingerprint density at radius 3 is 2.86 bits per heavy atom. The van der Waals surface area contributed by atoms with Crippen molar-refractivity contribution in [1.29, 1.82) is 0 Å². The fraction of sp³-hybridized carbons (Fsp3) is 0.375. The summed E-state index contributed by atoms with van der Waals surface area (Å²) < 4.78 is 21.2. The number of sulfonamides is 1. The minimum atomic E-state index is -3.39. The largest absolute Gasteiger partial charge is 0.369 e. The number of nitrogens with one attached hydrogen (secondary N) is 1. The lowest BCUT2D eigenvalue weighted by atomic mass is 10.3. The molecule has 78 valence electrons. The van der Waals surface area contributed by atoms with E-state index in [9.17, 15) is 8.42 Å². The zero-order valence-electron chi connectivity index (χ0n) is 7.90. The number of nitrogens with two attached hydrogens (primary N) is 1. The Balaban J connectivity index is 2.47. The average molecular weight is 215 g/mol. The third-order valence-electron chi connectivity index (χ3n) is 1.61. The van der Waals surface area contributed by atoms with Gasteiger partial charge in [-0.15, -0.1) is 0 Å². The fourth-order valence-electron chi connectivity index (χ4n) is 0.954. The molecule has 0 radical (unpaired) electrons. The van der Waals surface area contributed by atoms with Crippen LogP contribution in [0, 0.1) is 6.92 Å². The van der Waals surface area contributed by atoms with Crippen molar-refractivity contribution in [2.75, 3.05) is 17.6 Å². The zero-order valence-corrected chi connectivity index (χ0v) is 8.71. The first-order valence-electron chi connectivity index (χ1n) is 4.14. The van der Waals surface area contributed by atoms with Crippen LogP contribution in [0.3, 0.4) is 0 Å². The average Bonchev–Trinajstić information content (AvgIpc) is 2.01. The summed E-state index contributed by atoms with van der Waals surface area (Å²) in [5, 5.41) is 7.71. The monoisotopic (exact) mass is 215 g/mol. The molecule has 0 atom stereocenters. The van der Waals surface area contributed by atoms with E-state index in [1.807, 2.05) is 19.1 Å². The van der Waals surface area contributed by atoms with E-state index in [0.717, 1.165) is 5.56 Å². The van der Waals surface area contributed by atoms with Crippen LogP contribution in [0.1, 0.15) is 5.56 Å². The van der Waals surface area contributed by atoms with Crippen molar-refractivity contribution in [2.24, 2.45) is 5.14 Å². The molecule has 0 amide bonds. The van der Waals surface area contributed by atoms with Crippen molar-refractivity contribution in [3.8, 4) is 0 Å². The molecule has 0 bridgehead atoms. The molecular formula is C8H13N3O2S. The van der Waals surface area contributed by atoms with Gasteiger partial charge in [-0.3, -0.25) is 0 Å². The number of rotatable bonds is 4. The van der Waals surface area contributed by atoms with E-state index >= 15 is 0 Å². The van der Waals surface area contributed by atoms with Gasteiger partial charge in [0.25, 0.3) is 0 Å². The molecule has 5 nitrogen and oxygen atoms in total. The lowest BCUT2D eigenvalue weighted by molar-refractivity contribution is 0.598. The Morgan fingerprint density at radius 1 is 1.57 bits per heavy atom. The summed E-state index contributed by atoms with van der Waals surface area (Å²) in [5.41, 5.74) is 1.07. The van der Waals surface area contributed by atoms with Crippen molar-refractivity contribution in [3.63, 3.8) is 0 Å². The molecule has 0 aliphatic carbocycles. The standard InChI is InChI=1S/C8H13N3O2S/c1-7-2-3-10-8(6-7)11-4-5-14(9,12)13/h2-3,6H,4-5H2,1H3,(H,10,11)(H2,9,12,13). The summed E-state index contributed by atoms with van der Waals surface area (Å²) in [6, 6.07) is 3.70. The molecule has 0 aliphatic heterocycles. The van der Waals surface area contributed by atoms with Crippen LogP contribution in [-0.4, -0.2) is 25.7 Å². The van der Waals surface area contributed by atoms with E-state index in [4.69, 9.17) is 5.14 Å². The Hall–Kier alpha value is -1.14. The van der Waals surface area contributed by atoms with Gasteiger partial charge in [0.1, 0.15) is 5.82 Å². The minimum absolute atomic E-state index is 0.0946. The van der Waals surface area contributed by atoms with Crippen LogP contribution in [0.4, 0.5) is 5.82 Å². The number of nitrogens with zero attached hydrogens (tertiary/aromatic N) is 1. The molecular weight excluding hydrogens is 202 g/mol. The zero-order chi connectivity index (χ0) is 10.6. The first kappa shape index (κ1) is 10.9. The predicted octanol–water partition coefficient (Wildman–Crippen LogP) is 0.0904. The third kappa shape index (κ3) is 4.20.